The lowest BCUT2D eigenvalue weighted by atomic mass is 10.1. The number of rotatable bonds is 6. The lowest BCUT2D eigenvalue weighted by Crippen LogP contribution is -2.14. The van der Waals surface area contributed by atoms with E-state index in [9.17, 15) is 4.79 Å². The molecule has 0 aliphatic rings. The minimum Gasteiger partial charge on any atom is -0.497 e. The molecule has 0 saturated carbocycles. The lowest BCUT2D eigenvalue weighted by molar-refractivity contribution is 0.102. The quantitative estimate of drug-likeness (QED) is 0.751. The molecule has 6 nitrogen and oxygen atoms in total. The number of nitrogens with zero attached hydrogens (tertiary/aromatic N) is 3. The van der Waals surface area contributed by atoms with Crippen LogP contribution in [0.3, 0.4) is 0 Å². The Morgan fingerprint density at radius 1 is 1.20 bits per heavy atom. The first-order valence-electron chi connectivity index (χ1n) is 8.04. The van der Waals surface area contributed by atoms with Crippen molar-refractivity contribution in [3.8, 4) is 5.75 Å². The second kappa shape index (κ2) is 7.61. The summed E-state index contributed by atoms with van der Waals surface area (Å²) in [6, 6.07) is 11.1. The summed E-state index contributed by atoms with van der Waals surface area (Å²) in [5.74, 6) is 1.09. The molecule has 2 heterocycles. The fourth-order valence-corrected chi connectivity index (χ4v) is 2.55. The van der Waals surface area contributed by atoms with E-state index in [1.807, 2.05) is 36.0 Å². The maximum atomic E-state index is 12.4. The smallest absolute Gasteiger partial charge is 0.257 e. The molecule has 0 radical (unpaired) electrons. The van der Waals surface area contributed by atoms with E-state index >= 15 is 0 Å². The predicted octanol–water partition coefficient (Wildman–Crippen LogP) is 3.09. The summed E-state index contributed by atoms with van der Waals surface area (Å²) in [7, 11) is 1.60. The van der Waals surface area contributed by atoms with Crippen LogP contribution in [-0.2, 0) is 13.0 Å². The number of nitrogens with one attached hydrogen (secondary N) is 1. The van der Waals surface area contributed by atoms with E-state index in [1.165, 1.54) is 5.56 Å². The number of hydrogen-bond acceptors (Lipinski definition) is 4. The summed E-state index contributed by atoms with van der Waals surface area (Å²) < 4.78 is 6.98. The molecule has 0 saturated heterocycles. The first-order valence-corrected chi connectivity index (χ1v) is 8.04. The number of methoxy groups -OCH3 is 1. The van der Waals surface area contributed by atoms with Crippen LogP contribution in [0.2, 0.25) is 0 Å². The Labute approximate surface area is 146 Å². The summed E-state index contributed by atoms with van der Waals surface area (Å²) in [5, 5.41) is 7.23. The summed E-state index contributed by atoms with van der Waals surface area (Å²) in [5.41, 5.74) is 2.66. The summed E-state index contributed by atoms with van der Waals surface area (Å²) in [6.45, 7) is 2.62. The van der Waals surface area contributed by atoms with Crippen molar-refractivity contribution in [2.75, 3.05) is 12.4 Å². The molecule has 1 N–H and O–H groups in total. The number of amides is 1. The second-order valence-electron chi connectivity index (χ2n) is 5.70. The fourth-order valence-electron chi connectivity index (χ4n) is 2.55. The number of aryl methyl sites for hydroxylation is 3. The van der Waals surface area contributed by atoms with Gasteiger partial charge in [0.25, 0.3) is 5.91 Å². The van der Waals surface area contributed by atoms with Crippen molar-refractivity contribution in [2.24, 2.45) is 0 Å². The molecule has 2 aromatic heterocycles. The third kappa shape index (κ3) is 4.23. The van der Waals surface area contributed by atoms with Gasteiger partial charge in [-0.2, -0.15) is 5.10 Å². The zero-order valence-corrected chi connectivity index (χ0v) is 14.3. The van der Waals surface area contributed by atoms with Crippen LogP contribution in [0.5, 0.6) is 5.75 Å². The highest BCUT2D eigenvalue weighted by Crippen LogP contribution is 2.18. The van der Waals surface area contributed by atoms with Crippen LogP contribution in [-0.4, -0.2) is 27.8 Å². The number of hydrogen-bond donors (Lipinski definition) is 1. The van der Waals surface area contributed by atoms with Crippen molar-refractivity contribution in [3.63, 3.8) is 0 Å². The first-order chi connectivity index (χ1) is 12.2. The van der Waals surface area contributed by atoms with Gasteiger partial charge in [-0.25, -0.2) is 0 Å². The molecule has 6 heteroatoms. The van der Waals surface area contributed by atoms with Gasteiger partial charge in [0.15, 0.2) is 5.82 Å². The molecule has 0 atom stereocenters. The van der Waals surface area contributed by atoms with Crippen molar-refractivity contribution in [3.05, 3.63) is 71.7 Å². The van der Waals surface area contributed by atoms with E-state index < -0.39 is 0 Å². The molecule has 1 amide bonds. The molecule has 3 rings (SSSR count). The number of benzene rings is 1. The minimum absolute atomic E-state index is 0.181. The summed E-state index contributed by atoms with van der Waals surface area (Å²) >= 11 is 0. The molecular weight excluding hydrogens is 316 g/mol. The Hall–Kier alpha value is -3.15. The van der Waals surface area contributed by atoms with Crippen LogP contribution in [0.4, 0.5) is 5.82 Å². The van der Waals surface area contributed by atoms with Crippen LogP contribution in [0.25, 0.3) is 0 Å². The normalized spacial score (nSPS) is 10.5. The maximum Gasteiger partial charge on any atom is 0.257 e. The van der Waals surface area contributed by atoms with Crippen LogP contribution in [0.1, 0.15) is 21.5 Å². The molecule has 128 valence electrons. The van der Waals surface area contributed by atoms with Crippen molar-refractivity contribution >= 4 is 11.7 Å². The second-order valence-corrected chi connectivity index (χ2v) is 5.70. The minimum atomic E-state index is -0.181. The standard InChI is InChI=1S/C19H20N4O2/c1-14-13-16(25-2)3-4-17(14)19(24)21-18-8-12-23(22-18)11-7-15-5-9-20-10-6-15/h3-6,8-10,12-13H,7,11H2,1-2H3,(H,21,22,24). The molecule has 3 aromatic rings. The highest BCUT2D eigenvalue weighted by Gasteiger charge is 2.11. The largest absolute Gasteiger partial charge is 0.497 e. The van der Waals surface area contributed by atoms with E-state index in [0.29, 0.717) is 11.4 Å². The van der Waals surface area contributed by atoms with Crippen LogP contribution in [0, 0.1) is 6.92 Å². The van der Waals surface area contributed by atoms with Gasteiger partial charge in [-0.15, -0.1) is 0 Å². The zero-order chi connectivity index (χ0) is 17.6. The van der Waals surface area contributed by atoms with Gasteiger partial charge in [-0.3, -0.25) is 14.5 Å². The third-order valence-corrected chi connectivity index (χ3v) is 3.94. The highest BCUT2D eigenvalue weighted by atomic mass is 16.5. The lowest BCUT2D eigenvalue weighted by Gasteiger charge is -2.07. The van der Waals surface area contributed by atoms with E-state index in [0.717, 1.165) is 24.3 Å². The summed E-state index contributed by atoms with van der Waals surface area (Å²) in [4.78, 5) is 16.4. The fraction of sp³-hybridized carbons (Fsp3) is 0.211. The molecule has 0 unspecified atom stereocenters. The van der Waals surface area contributed by atoms with Crippen molar-refractivity contribution in [2.45, 2.75) is 19.9 Å². The zero-order valence-electron chi connectivity index (χ0n) is 14.3. The number of ether oxygens (including phenoxy) is 1. The monoisotopic (exact) mass is 336 g/mol. The molecule has 0 bridgehead atoms. The van der Waals surface area contributed by atoms with Gasteiger partial charge < -0.3 is 10.1 Å². The first kappa shape index (κ1) is 16.7. The molecule has 1 aromatic carbocycles. The summed E-state index contributed by atoms with van der Waals surface area (Å²) in [6.07, 6.45) is 6.27. The predicted molar refractivity (Wildman–Crippen MR) is 95.9 cm³/mol. The number of pyridine rings is 1. The van der Waals surface area contributed by atoms with Gasteiger partial charge in [0, 0.05) is 36.8 Å². The Morgan fingerprint density at radius 2 is 2.00 bits per heavy atom. The van der Waals surface area contributed by atoms with Gasteiger partial charge in [-0.1, -0.05) is 0 Å². The van der Waals surface area contributed by atoms with E-state index in [2.05, 4.69) is 15.4 Å². The van der Waals surface area contributed by atoms with Crippen LogP contribution < -0.4 is 10.1 Å². The Morgan fingerprint density at radius 3 is 2.72 bits per heavy atom. The molecule has 0 spiro atoms. The molecular formula is C19H20N4O2. The number of carbonyl (C=O) groups excluding carboxylic acids is 1. The molecule has 0 fully saturated rings. The van der Waals surface area contributed by atoms with Crippen molar-refractivity contribution in [1.29, 1.82) is 0 Å². The molecule has 25 heavy (non-hydrogen) atoms. The number of anilines is 1. The van der Waals surface area contributed by atoms with Gasteiger partial charge in [0.1, 0.15) is 5.75 Å². The van der Waals surface area contributed by atoms with E-state index in [-0.39, 0.29) is 5.91 Å². The Kier molecular flexibility index (Phi) is 5.09. The van der Waals surface area contributed by atoms with Gasteiger partial charge in [-0.05, 0) is 54.8 Å². The van der Waals surface area contributed by atoms with Gasteiger partial charge in [0.05, 0.1) is 7.11 Å². The number of aromatic nitrogens is 3. The van der Waals surface area contributed by atoms with E-state index in [4.69, 9.17) is 4.74 Å². The van der Waals surface area contributed by atoms with Crippen molar-refractivity contribution in [1.82, 2.24) is 14.8 Å². The topological polar surface area (TPSA) is 69.0 Å². The van der Waals surface area contributed by atoms with Crippen molar-refractivity contribution < 1.29 is 9.53 Å². The average molecular weight is 336 g/mol. The Balaban J connectivity index is 1.62. The third-order valence-electron chi connectivity index (χ3n) is 3.94. The van der Waals surface area contributed by atoms with Gasteiger partial charge in [0.2, 0.25) is 0 Å². The number of carbonyl (C=O) groups is 1. The maximum absolute atomic E-state index is 12.4. The van der Waals surface area contributed by atoms with E-state index in [1.54, 1.807) is 37.7 Å². The highest BCUT2D eigenvalue weighted by molar-refractivity contribution is 6.04. The molecule has 0 aliphatic heterocycles. The Bertz CT molecular complexity index is 859. The average Bonchev–Trinajstić information content (AvgIpc) is 3.08. The SMILES string of the molecule is COc1ccc(C(=O)Nc2ccn(CCc3ccncc3)n2)c(C)c1. The van der Waals surface area contributed by atoms with Crippen LogP contribution >= 0.6 is 0 Å². The van der Waals surface area contributed by atoms with Gasteiger partial charge >= 0.3 is 0 Å². The molecule has 0 aliphatic carbocycles. The van der Waals surface area contributed by atoms with Crippen LogP contribution in [0.15, 0.2) is 55.0 Å².